The molecule has 1 unspecified atom stereocenters. The number of urea groups is 1. The van der Waals surface area contributed by atoms with Crippen molar-refractivity contribution in [2.45, 2.75) is 44.2 Å². The third kappa shape index (κ3) is 2.74. The zero-order chi connectivity index (χ0) is 17.5. The van der Waals surface area contributed by atoms with Crippen LogP contribution in [-0.4, -0.2) is 34.3 Å². The van der Waals surface area contributed by atoms with E-state index in [2.05, 4.69) is 10.6 Å². The first kappa shape index (κ1) is 17.0. The van der Waals surface area contributed by atoms with Crippen LogP contribution in [0.5, 0.6) is 0 Å². The molecule has 1 aliphatic heterocycles. The maximum atomic E-state index is 12.7. The van der Waals surface area contributed by atoms with Gasteiger partial charge in [-0.3, -0.25) is 9.59 Å². The number of carbonyl (C=O) groups is 3. The largest absolute Gasteiger partial charge is 0.325 e. The summed E-state index contributed by atoms with van der Waals surface area (Å²) in [4.78, 5) is 38.4. The van der Waals surface area contributed by atoms with Crippen molar-refractivity contribution in [1.29, 1.82) is 0 Å². The lowest BCUT2D eigenvalue weighted by atomic mass is 9.97. The number of nitrogens with one attached hydrogen (secondary N) is 2. The molecular weight excluding hydrogens is 353 g/mol. The summed E-state index contributed by atoms with van der Waals surface area (Å²) < 4.78 is 0. The fraction of sp³-hybridized carbons (Fsp3) is 0.438. The van der Waals surface area contributed by atoms with Crippen molar-refractivity contribution < 1.29 is 14.4 Å². The Kier molecular flexibility index (Phi) is 4.44. The fourth-order valence-corrected chi connectivity index (χ4v) is 3.61. The number of amides is 4. The van der Waals surface area contributed by atoms with Crippen molar-refractivity contribution in [2.75, 3.05) is 5.32 Å². The lowest BCUT2D eigenvalue weighted by Gasteiger charge is -2.23. The van der Waals surface area contributed by atoms with Crippen LogP contribution in [0.3, 0.4) is 0 Å². The summed E-state index contributed by atoms with van der Waals surface area (Å²) in [5.74, 6) is -0.831. The molecule has 1 aromatic rings. The molecule has 1 spiro atoms. The van der Waals surface area contributed by atoms with Gasteiger partial charge in [0.1, 0.15) is 11.6 Å². The molecule has 8 heteroatoms. The topological polar surface area (TPSA) is 78.5 Å². The predicted octanol–water partition coefficient (Wildman–Crippen LogP) is 3.19. The number of carbonyl (C=O) groups excluding carboxylic acids is 3. The van der Waals surface area contributed by atoms with Gasteiger partial charge in [-0.05, 0) is 31.9 Å². The minimum Gasteiger partial charge on any atom is -0.323 e. The summed E-state index contributed by atoms with van der Waals surface area (Å²) in [6, 6.07) is 3.37. The Morgan fingerprint density at radius 2 is 1.96 bits per heavy atom. The lowest BCUT2D eigenvalue weighted by Crippen LogP contribution is -2.48. The average Bonchev–Trinajstić information content (AvgIpc) is 3.10. The maximum absolute atomic E-state index is 12.7. The summed E-state index contributed by atoms with van der Waals surface area (Å²) in [7, 11) is 0. The van der Waals surface area contributed by atoms with Gasteiger partial charge in [-0.1, -0.05) is 42.1 Å². The standard InChI is InChI=1S/C16H17Cl2N3O3/c1-9(13(22)19-11-6-4-5-10(17)12(11)18)21-14(23)16(20-15(21)24)7-2-3-8-16/h4-6,9H,2-3,7-8H2,1H3,(H,19,22)(H,20,24). The molecule has 128 valence electrons. The Balaban J connectivity index is 1.77. The highest BCUT2D eigenvalue weighted by molar-refractivity contribution is 6.44. The molecule has 3 rings (SSSR count). The summed E-state index contributed by atoms with van der Waals surface area (Å²) >= 11 is 12.0. The van der Waals surface area contributed by atoms with Gasteiger partial charge in [-0.2, -0.15) is 0 Å². The molecule has 6 nitrogen and oxygen atoms in total. The van der Waals surface area contributed by atoms with Crippen LogP contribution < -0.4 is 10.6 Å². The number of benzene rings is 1. The molecule has 1 heterocycles. The zero-order valence-corrected chi connectivity index (χ0v) is 14.6. The second-order valence-electron chi connectivity index (χ2n) is 6.16. The summed E-state index contributed by atoms with van der Waals surface area (Å²) in [5, 5.41) is 5.90. The molecule has 4 amide bonds. The van der Waals surface area contributed by atoms with E-state index in [0.29, 0.717) is 23.6 Å². The Morgan fingerprint density at radius 1 is 1.29 bits per heavy atom. The lowest BCUT2D eigenvalue weighted by molar-refractivity contribution is -0.136. The number of anilines is 1. The number of hydrogen-bond acceptors (Lipinski definition) is 3. The quantitative estimate of drug-likeness (QED) is 0.803. The van der Waals surface area contributed by atoms with Crippen LogP contribution in [0.4, 0.5) is 10.5 Å². The Morgan fingerprint density at radius 3 is 2.62 bits per heavy atom. The number of imide groups is 1. The number of hydrogen-bond donors (Lipinski definition) is 2. The van der Waals surface area contributed by atoms with E-state index < -0.39 is 23.5 Å². The first-order chi connectivity index (χ1) is 11.4. The van der Waals surface area contributed by atoms with Crippen LogP contribution >= 0.6 is 23.2 Å². The normalized spacial score (nSPS) is 20.4. The van der Waals surface area contributed by atoms with Crippen LogP contribution in [-0.2, 0) is 9.59 Å². The first-order valence-electron chi connectivity index (χ1n) is 7.76. The van der Waals surface area contributed by atoms with Crippen LogP contribution in [0.15, 0.2) is 18.2 Å². The fourth-order valence-electron chi connectivity index (χ4n) is 3.27. The number of nitrogens with zero attached hydrogens (tertiary/aromatic N) is 1. The summed E-state index contributed by atoms with van der Waals surface area (Å²) in [6.07, 6.45) is 3.00. The van der Waals surface area contributed by atoms with Gasteiger partial charge < -0.3 is 10.6 Å². The van der Waals surface area contributed by atoms with Crippen molar-refractivity contribution in [1.82, 2.24) is 10.2 Å². The van der Waals surface area contributed by atoms with Crippen molar-refractivity contribution in [2.24, 2.45) is 0 Å². The molecule has 1 saturated heterocycles. The van der Waals surface area contributed by atoms with E-state index >= 15 is 0 Å². The van der Waals surface area contributed by atoms with Gasteiger partial charge in [0.25, 0.3) is 5.91 Å². The van der Waals surface area contributed by atoms with Gasteiger partial charge in [0, 0.05) is 0 Å². The molecular formula is C16H17Cl2N3O3. The molecule has 2 aliphatic rings. The number of rotatable bonds is 3. The van der Waals surface area contributed by atoms with Crippen LogP contribution in [0.25, 0.3) is 0 Å². The van der Waals surface area contributed by atoms with Gasteiger partial charge in [0.05, 0.1) is 15.7 Å². The van der Waals surface area contributed by atoms with Gasteiger partial charge in [-0.25, -0.2) is 9.69 Å². The molecule has 0 radical (unpaired) electrons. The van der Waals surface area contributed by atoms with Crippen molar-refractivity contribution in [3.05, 3.63) is 28.2 Å². The Bertz CT molecular complexity index is 717. The van der Waals surface area contributed by atoms with E-state index in [4.69, 9.17) is 23.2 Å². The molecule has 2 N–H and O–H groups in total. The molecule has 1 aliphatic carbocycles. The smallest absolute Gasteiger partial charge is 0.323 e. The molecule has 24 heavy (non-hydrogen) atoms. The second-order valence-corrected chi connectivity index (χ2v) is 6.95. The number of halogens is 2. The third-order valence-electron chi connectivity index (χ3n) is 4.63. The average molecular weight is 370 g/mol. The summed E-state index contributed by atoms with van der Waals surface area (Å²) in [6.45, 7) is 1.51. The Labute approximate surface area is 149 Å². The van der Waals surface area contributed by atoms with E-state index in [-0.39, 0.29) is 10.9 Å². The first-order valence-corrected chi connectivity index (χ1v) is 8.52. The second kappa shape index (κ2) is 6.26. The minimum atomic E-state index is -0.951. The van der Waals surface area contributed by atoms with Gasteiger partial charge >= 0.3 is 6.03 Å². The van der Waals surface area contributed by atoms with E-state index in [1.165, 1.54) is 6.92 Å². The molecule has 1 atom stereocenters. The third-order valence-corrected chi connectivity index (χ3v) is 5.45. The molecule has 0 bridgehead atoms. The molecule has 0 aromatic heterocycles. The highest BCUT2D eigenvalue weighted by Crippen LogP contribution is 2.36. The zero-order valence-electron chi connectivity index (χ0n) is 13.1. The van der Waals surface area contributed by atoms with E-state index in [0.717, 1.165) is 17.7 Å². The van der Waals surface area contributed by atoms with Gasteiger partial charge in [0.15, 0.2) is 0 Å². The van der Waals surface area contributed by atoms with Crippen molar-refractivity contribution >= 4 is 46.7 Å². The van der Waals surface area contributed by atoms with Gasteiger partial charge in [-0.15, -0.1) is 0 Å². The molecule has 1 aromatic carbocycles. The predicted molar refractivity (Wildman–Crippen MR) is 91.1 cm³/mol. The van der Waals surface area contributed by atoms with Crippen molar-refractivity contribution in [3.63, 3.8) is 0 Å². The summed E-state index contributed by atoms with van der Waals surface area (Å²) in [5.41, 5.74) is -0.497. The minimum absolute atomic E-state index is 0.212. The van der Waals surface area contributed by atoms with Crippen molar-refractivity contribution in [3.8, 4) is 0 Å². The molecule has 1 saturated carbocycles. The van der Waals surface area contributed by atoms with E-state index in [1.54, 1.807) is 18.2 Å². The van der Waals surface area contributed by atoms with E-state index in [9.17, 15) is 14.4 Å². The van der Waals surface area contributed by atoms with E-state index in [1.807, 2.05) is 0 Å². The monoisotopic (exact) mass is 369 g/mol. The van der Waals surface area contributed by atoms with Crippen LogP contribution in [0.2, 0.25) is 10.0 Å². The highest BCUT2D eigenvalue weighted by Gasteiger charge is 2.54. The van der Waals surface area contributed by atoms with Crippen LogP contribution in [0.1, 0.15) is 32.6 Å². The van der Waals surface area contributed by atoms with Gasteiger partial charge in [0.2, 0.25) is 5.91 Å². The molecule has 2 fully saturated rings. The highest BCUT2D eigenvalue weighted by atomic mass is 35.5. The van der Waals surface area contributed by atoms with Crippen LogP contribution in [0, 0.1) is 0 Å². The maximum Gasteiger partial charge on any atom is 0.325 e. The Hall–Kier alpha value is -1.79. The SMILES string of the molecule is CC(C(=O)Nc1cccc(Cl)c1Cl)N1C(=O)NC2(CCCC2)C1=O.